The first-order chi connectivity index (χ1) is 12.8. The van der Waals surface area contributed by atoms with E-state index in [4.69, 9.17) is 4.74 Å². The molecule has 0 saturated carbocycles. The highest BCUT2D eigenvalue weighted by Gasteiger charge is 2.20. The van der Waals surface area contributed by atoms with Gasteiger partial charge in [-0.1, -0.05) is 18.2 Å². The summed E-state index contributed by atoms with van der Waals surface area (Å²) in [4.78, 5) is 34.0. The molecule has 0 amide bonds. The zero-order valence-electron chi connectivity index (χ0n) is 13.9. The Morgan fingerprint density at radius 1 is 1.11 bits per heavy atom. The molecule has 0 aromatic heterocycles. The van der Waals surface area contributed by atoms with Gasteiger partial charge in [-0.15, -0.1) is 0 Å². The Morgan fingerprint density at radius 2 is 1.74 bits per heavy atom. The number of carbonyl (C=O) groups excluding carboxylic acids is 2. The summed E-state index contributed by atoms with van der Waals surface area (Å²) in [6.45, 7) is -3.47. The van der Waals surface area contributed by atoms with Crippen molar-refractivity contribution in [1.82, 2.24) is 0 Å². The molecule has 0 unspecified atom stereocenters. The van der Waals surface area contributed by atoms with Crippen LogP contribution in [0.3, 0.4) is 0 Å². The van der Waals surface area contributed by atoms with Gasteiger partial charge in [-0.2, -0.15) is 8.78 Å². The zero-order valence-corrected chi connectivity index (χ0v) is 13.9. The van der Waals surface area contributed by atoms with E-state index >= 15 is 0 Å². The smallest absolute Gasteiger partial charge is 0.387 e. The van der Waals surface area contributed by atoms with E-state index < -0.39 is 35.8 Å². The summed E-state index contributed by atoms with van der Waals surface area (Å²) in [6, 6.07) is 8.64. The van der Waals surface area contributed by atoms with Crippen molar-refractivity contribution in [1.29, 1.82) is 0 Å². The van der Waals surface area contributed by atoms with Crippen molar-refractivity contribution >= 4 is 17.6 Å². The number of nitrogens with zero attached hydrogens (tertiary/aromatic N) is 1. The Balaban J connectivity index is 2.22. The van der Waals surface area contributed by atoms with Gasteiger partial charge < -0.3 is 14.2 Å². The Labute approximate surface area is 151 Å². The molecular formula is C17H13F2NO7. The first-order valence-corrected chi connectivity index (χ1v) is 7.39. The van der Waals surface area contributed by atoms with E-state index in [2.05, 4.69) is 9.47 Å². The summed E-state index contributed by atoms with van der Waals surface area (Å²) >= 11 is 0. The van der Waals surface area contributed by atoms with Crippen molar-refractivity contribution in [3.05, 3.63) is 69.3 Å². The Hall–Kier alpha value is -3.56. The predicted octanol–water partition coefficient (Wildman–Crippen LogP) is 3.34. The van der Waals surface area contributed by atoms with Gasteiger partial charge >= 0.3 is 18.6 Å². The average Bonchev–Trinajstić information content (AvgIpc) is 2.65. The average molecular weight is 381 g/mol. The number of nitro benzene ring substituents is 1. The fraction of sp³-hybridized carbons (Fsp3) is 0.176. The molecule has 8 nitrogen and oxygen atoms in total. The number of nitro groups is 1. The minimum Gasteiger partial charge on any atom is -0.465 e. The van der Waals surface area contributed by atoms with E-state index in [1.165, 1.54) is 24.3 Å². The van der Waals surface area contributed by atoms with E-state index in [0.717, 1.165) is 25.3 Å². The van der Waals surface area contributed by atoms with Gasteiger partial charge in [-0.25, -0.2) is 9.59 Å². The molecule has 2 aromatic rings. The lowest BCUT2D eigenvalue weighted by Gasteiger charge is -2.11. The van der Waals surface area contributed by atoms with Gasteiger partial charge in [-0.05, 0) is 12.1 Å². The first kappa shape index (κ1) is 19.8. The highest BCUT2D eigenvalue weighted by molar-refractivity contribution is 5.96. The maximum absolute atomic E-state index is 12.4. The number of carbonyl (C=O) groups is 2. The summed E-state index contributed by atoms with van der Waals surface area (Å²) in [5, 5.41) is 11.0. The van der Waals surface area contributed by atoms with Crippen molar-refractivity contribution in [2.75, 3.05) is 7.11 Å². The number of esters is 2. The number of non-ortho nitro benzene ring substituents is 1. The maximum atomic E-state index is 12.4. The predicted molar refractivity (Wildman–Crippen MR) is 86.6 cm³/mol. The second kappa shape index (κ2) is 8.70. The van der Waals surface area contributed by atoms with Crippen LogP contribution < -0.4 is 4.74 Å². The van der Waals surface area contributed by atoms with Crippen LogP contribution in [0.1, 0.15) is 26.3 Å². The standard InChI is InChI=1S/C17H13F2NO7/c1-25-15(21)11-6-12(8-13(7-11)20(23)24)16(22)26-9-10-4-2-3-5-14(10)27-17(18)19/h2-8,17H,9H2,1H3. The van der Waals surface area contributed by atoms with Crippen LogP contribution in [0.25, 0.3) is 0 Å². The zero-order chi connectivity index (χ0) is 20.0. The second-order valence-electron chi connectivity index (χ2n) is 5.08. The van der Waals surface area contributed by atoms with Gasteiger partial charge in [0, 0.05) is 17.7 Å². The lowest BCUT2D eigenvalue weighted by molar-refractivity contribution is -0.384. The maximum Gasteiger partial charge on any atom is 0.387 e. The van der Waals surface area contributed by atoms with Crippen LogP contribution in [-0.2, 0) is 16.1 Å². The molecule has 0 heterocycles. The number of para-hydroxylation sites is 1. The molecule has 10 heteroatoms. The highest BCUT2D eigenvalue weighted by Crippen LogP contribution is 2.23. The Kier molecular flexibility index (Phi) is 6.36. The van der Waals surface area contributed by atoms with Crippen LogP contribution in [-0.4, -0.2) is 30.6 Å². The number of rotatable bonds is 7. The summed E-state index contributed by atoms with van der Waals surface area (Å²) < 4.78 is 38.6. The summed E-state index contributed by atoms with van der Waals surface area (Å²) in [6.07, 6.45) is 0. The third-order valence-corrected chi connectivity index (χ3v) is 3.33. The van der Waals surface area contributed by atoms with E-state index in [9.17, 15) is 28.5 Å². The molecule has 0 radical (unpaired) electrons. The van der Waals surface area contributed by atoms with Gasteiger partial charge in [0.1, 0.15) is 12.4 Å². The molecule has 2 aromatic carbocycles. The van der Waals surface area contributed by atoms with Gasteiger partial charge in [0.05, 0.1) is 23.2 Å². The van der Waals surface area contributed by atoms with E-state index in [0.29, 0.717) is 0 Å². The second-order valence-corrected chi connectivity index (χ2v) is 5.08. The van der Waals surface area contributed by atoms with Crippen molar-refractivity contribution in [2.24, 2.45) is 0 Å². The molecule has 0 aliphatic heterocycles. The number of hydrogen-bond donors (Lipinski definition) is 0. The van der Waals surface area contributed by atoms with Crippen LogP contribution in [0.5, 0.6) is 5.75 Å². The normalized spacial score (nSPS) is 10.4. The minimum atomic E-state index is -3.05. The quantitative estimate of drug-likeness (QED) is 0.411. The van der Waals surface area contributed by atoms with Gasteiger partial charge in [-0.3, -0.25) is 10.1 Å². The molecular weight excluding hydrogens is 368 g/mol. The van der Waals surface area contributed by atoms with Crippen LogP contribution in [0.4, 0.5) is 14.5 Å². The molecule has 142 valence electrons. The van der Waals surface area contributed by atoms with Crippen molar-refractivity contribution in [2.45, 2.75) is 13.2 Å². The number of halogens is 2. The van der Waals surface area contributed by atoms with Crippen molar-refractivity contribution < 1.29 is 37.5 Å². The molecule has 0 saturated heterocycles. The summed E-state index contributed by atoms with van der Waals surface area (Å²) in [7, 11) is 1.08. The fourth-order valence-electron chi connectivity index (χ4n) is 2.13. The number of benzene rings is 2. The van der Waals surface area contributed by atoms with Gasteiger partial charge in [0.25, 0.3) is 5.69 Å². The Morgan fingerprint density at radius 3 is 2.33 bits per heavy atom. The number of hydrogen-bond acceptors (Lipinski definition) is 7. The molecule has 2 rings (SSSR count). The van der Waals surface area contributed by atoms with Crippen LogP contribution >= 0.6 is 0 Å². The lowest BCUT2D eigenvalue weighted by Crippen LogP contribution is -2.10. The lowest BCUT2D eigenvalue weighted by atomic mass is 10.1. The van der Waals surface area contributed by atoms with Crippen LogP contribution in [0.2, 0.25) is 0 Å². The number of methoxy groups -OCH3 is 1. The van der Waals surface area contributed by atoms with Crippen LogP contribution in [0, 0.1) is 10.1 Å². The van der Waals surface area contributed by atoms with Gasteiger partial charge in [0.2, 0.25) is 0 Å². The topological polar surface area (TPSA) is 105 Å². The minimum absolute atomic E-state index is 0.171. The molecule has 0 N–H and O–H groups in total. The fourth-order valence-corrected chi connectivity index (χ4v) is 2.13. The largest absolute Gasteiger partial charge is 0.465 e. The van der Waals surface area contributed by atoms with Gasteiger partial charge in [0.15, 0.2) is 0 Å². The third kappa shape index (κ3) is 5.21. The summed E-state index contributed by atoms with van der Waals surface area (Å²) in [5.41, 5.74) is -0.812. The van der Waals surface area contributed by atoms with E-state index in [1.807, 2.05) is 0 Å². The molecule has 0 fully saturated rings. The SMILES string of the molecule is COC(=O)c1cc(C(=O)OCc2ccccc2OC(F)F)cc([N+](=O)[O-])c1. The van der Waals surface area contributed by atoms with E-state index in [-0.39, 0.29) is 22.4 Å². The van der Waals surface area contributed by atoms with Crippen molar-refractivity contribution in [3.63, 3.8) is 0 Å². The Bertz CT molecular complexity index is 870. The molecule has 0 aliphatic carbocycles. The number of alkyl halides is 2. The molecule has 27 heavy (non-hydrogen) atoms. The summed E-state index contributed by atoms with van der Waals surface area (Å²) in [5.74, 6) is -2.03. The monoisotopic (exact) mass is 381 g/mol. The molecule has 0 aliphatic rings. The third-order valence-electron chi connectivity index (χ3n) is 3.33. The highest BCUT2D eigenvalue weighted by atomic mass is 19.3. The van der Waals surface area contributed by atoms with E-state index in [1.54, 1.807) is 0 Å². The molecule has 0 spiro atoms. The van der Waals surface area contributed by atoms with Crippen molar-refractivity contribution in [3.8, 4) is 5.75 Å². The molecule has 0 atom stereocenters. The molecule has 0 bridgehead atoms. The number of ether oxygens (including phenoxy) is 3. The van der Waals surface area contributed by atoms with Crippen LogP contribution in [0.15, 0.2) is 42.5 Å². The first-order valence-electron chi connectivity index (χ1n) is 7.39.